The van der Waals surface area contributed by atoms with Gasteiger partial charge in [0.25, 0.3) is 0 Å². The Hall–Kier alpha value is -3.38. The van der Waals surface area contributed by atoms with Crippen LogP contribution in [0.3, 0.4) is 0 Å². The maximum Gasteiger partial charge on any atom is 0.196 e. The predicted octanol–water partition coefficient (Wildman–Crippen LogP) is 4.60. The van der Waals surface area contributed by atoms with E-state index in [4.69, 9.17) is 18.6 Å². The molecule has 3 aromatic rings. The molecule has 29 heavy (non-hydrogen) atoms. The fourth-order valence-electron chi connectivity index (χ4n) is 3.86. The molecule has 2 aliphatic heterocycles. The molecule has 0 amide bonds. The Morgan fingerprint density at radius 2 is 1.79 bits per heavy atom. The van der Waals surface area contributed by atoms with Crippen molar-refractivity contribution in [2.24, 2.45) is 0 Å². The quantitative estimate of drug-likeness (QED) is 0.703. The third-order valence-corrected chi connectivity index (χ3v) is 5.31. The van der Waals surface area contributed by atoms with Crippen LogP contribution in [0.15, 0.2) is 65.1 Å². The van der Waals surface area contributed by atoms with E-state index in [1.54, 1.807) is 14.2 Å². The molecule has 5 rings (SSSR count). The minimum Gasteiger partial charge on any atom is -0.497 e. The smallest absolute Gasteiger partial charge is 0.196 e. The fraction of sp³-hybridized carbons (Fsp3) is 0.217. The highest BCUT2D eigenvalue weighted by atomic mass is 16.5. The molecule has 2 unspecified atom stereocenters. The number of rotatable bonds is 4. The van der Waals surface area contributed by atoms with Gasteiger partial charge in [-0.1, -0.05) is 24.3 Å². The van der Waals surface area contributed by atoms with Gasteiger partial charge in [0.2, 0.25) is 0 Å². The van der Waals surface area contributed by atoms with Crippen LogP contribution in [0.4, 0.5) is 0 Å². The average molecular weight is 390 g/mol. The number of hydrogen-bond donors (Lipinski definition) is 1. The topological polar surface area (TPSA) is 56.1 Å². The van der Waals surface area contributed by atoms with Crippen LogP contribution < -0.4 is 19.6 Å². The lowest BCUT2D eigenvalue weighted by Gasteiger charge is -2.39. The van der Waals surface area contributed by atoms with Gasteiger partial charge in [-0.05, 0) is 43.3 Å². The van der Waals surface area contributed by atoms with E-state index < -0.39 is 0 Å². The van der Waals surface area contributed by atoms with Gasteiger partial charge in [-0.15, -0.1) is 0 Å². The van der Waals surface area contributed by atoms with Crippen molar-refractivity contribution in [3.63, 3.8) is 0 Å². The first-order chi connectivity index (χ1) is 14.2. The van der Waals surface area contributed by atoms with Crippen molar-refractivity contribution >= 4 is 5.70 Å². The Bertz CT molecular complexity index is 1070. The summed E-state index contributed by atoms with van der Waals surface area (Å²) in [6, 6.07) is 17.8. The number of nitrogens with one attached hydrogen (secondary N) is 1. The van der Waals surface area contributed by atoms with E-state index in [2.05, 4.69) is 22.6 Å². The molecule has 0 fully saturated rings. The molecule has 0 aliphatic carbocycles. The van der Waals surface area contributed by atoms with Crippen molar-refractivity contribution in [3.8, 4) is 17.2 Å². The van der Waals surface area contributed by atoms with Gasteiger partial charge in [0.1, 0.15) is 11.5 Å². The zero-order chi connectivity index (χ0) is 20.0. The molecule has 6 heteroatoms. The summed E-state index contributed by atoms with van der Waals surface area (Å²) in [4.78, 5) is 0. The number of benzene rings is 2. The van der Waals surface area contributed by atoms with Gasteiger partial charge in [0, 0.05) is 11.1 Å². The summed E-state index contributed by atoms with van der Waals surface area (Å²) >= 11 is 0. The van der Waals surface area contributed by atoms with E-state index in [1.807, 2.05) is 55.5 Å². The van der Waals surface area contributed by atoms with Crippen LogP contribution in [0.1, 0.15) is 34.9 Å². The lowest BCUT2D eigenvalue weighted by Crippen LogP contribution is -2.43. The van der Waals surface area contributed by atoms with Crippen LogP contribution in [-0.2, 0) is 0 Å². The molecule has 2 aliphatic rings. The summed E-state index contributed by atoms with van der Waals surface area (Å²) in [6.45, 7) is 1.94. The second kappa shape index (κ2) is 6.90. The van der Waals surface area contributed by atoms with Gasteiger partial charge in [0.05, 0.1) is 26.0 Å². The third kappa shape index (κ3) is 2.93. The predicted molar refractivity (Wildman–Crippen MR) is 108 cm³/mol. The van der Waals surface area contributed by atoms with Gasteiger partial charge < -0.3 is 24.1 Å². The summed E-state index contributed by atoms with van der Waals surface area (Å²) in [6.07, 6.45) is 1.81. The zero-order valence-corrected chi connectivity index (χ0v) is 16.5. The van der Waals surface area contributed by atoms with Gasteiger partial charge in [0.15, 0.2) is 23.5 Å². The molecular formula is C23H22N2O4. The van der Waals surface area contributed by atoms with E-state index >= 15 is 0 Å². The van der Waals surface area contributed by atoms with E-state index in [0.29, 0.717) is 0 Å². The van der Waals surface area contributed by atoms with Crippen molar-refractivity contribution in [1.29, 1.82) is 0 Å². The lowest BCUT2D eigenvalue weighted by molar-refractivity contribution is -0.0345. The Morgan fingerprint density at radius 1 is 0.966 bits per heavy atom. The number of furan rings is 1. The van der Waals surface area contributed by atoms with Crippen LogP contribution in [0.25, 0.3) is 5.70 Å². The van der Waals surface area contributed by atoms with E-state index in [-0.39, 0.29) is 12.3 Å². The van der Waals surface area contributed by atoms with Crippen molar-refractivity contribution in [3.05, 3.63) is 83.3 Å². The summed E-state index contributed by atoms with van der Waals surface area (Å²) in [5.74, 6) is 3.95. The number of fused-ring (bicyclic) bond motifs is 3. The molecule has 0 saturated heterocycles. The number of methoxy groups -OCH3 is 2. The van der Waals surface area contributed by atoms with E-state index in [1.165, 1.54) is 0 Å². The largest absolute Gasteiger partial charge is 0.497 e. The lowest BCUT2D eigenvalue weighted by atomic mass is 10.0. The Kier molecular flexibility index (Phi) is 4.21. The number of hydrazine groups is 1. The molecule has 1 aromatic heterocycles. The summed E-state index contributed by atoms with van der Waals surface area (Å²) < 4.78 is 23.2. The Morgan fingerprint density at radius 3 is 2.48 bits per heavy atom. The number of para-hydroxylation sites is 1. The van der Waals surface area contributed by atoms with Crippen molar-refractivity contribution in [2.75, 3.05) is 14.2 Å². The molecule has 0 radical (unpaired) electrons. The monoisotopic (exact) mass is 390 g/mol. The van der Waals surface area contributed by atoms with Crippen molar-refractivity contribution < 1.29 is 18.6 Å². The number of ether oxygens (including phenoxy) is 3. The zero-order valence-electron chi connectivity index (χ0n) is 16.5. The first-order valence-corrected chi connectivity index (χ1v) is 9.49. The van der Waals surface area contributed by atoms with Gasteiger partial charge >= 0.3 is 0 Å². The number of nitrogens with zero attached hydrogens (tertiary/aromatic N) is 1. The molecule has 0 saturated carbocycles. The van der Waals surface area contributed by atoms with Gasteiger partial charge in [-0.2, -0.15) is 5.01 Å². The van der Waals surface area contributed by atoms with Gasteiger partial charge in [-0.3, -0.25) is 0 Å². The highest BCUT2D eigenvalue weighted by Crippen LogP contribution is 2.49. The second-order valence-corrected chi connectivity index (χ2v) is 7.08. The Balaban J connectivity index is 1.60. The van der Waals surface area contributed by atoms with Crippen molar-refractivity contribution in [1.82, 2.24) is 10.4 Å². The molecule has 2 aromatic carbocycles. The maximum absolute atomic E-state index is 6.45. The van der Waals surface area contributed by atoms with E-state index in [9.17, 15) is 0 Å². The van der Waals surface area contributed by atoms with Crippen LogP contribution in [0.5, 0.6) is 17.2 Å². The minimum absolute atomic E-state index is 0.0265. The molecule has 148 valence electrons. The molecule has 0 bridgehead atoms. The molecular weight excluding hydrogens is 368 g/mol. The standard InChI is InChI=1S/C23H22N2O4/c1-14-7-12-20(28-14)18-13-19-17-5-4-6-21(27-3)22(17)29-23(25(19)24-18)15-8-10-16(26-2)11-9-15/h4-13,19,23-24H,1-3H3. The molecule has 2 atom stereocenters. The van der Waals surface area contributed by atoms with Crippen LogP contribution >= 0.6 is 0 Å². The first kappa shape index (κ1) is 17.7. The number of hydrogen-bond acceptors (Lipinski definition) is 6. The van der Waals surface area contributed by atoms with Crippen LogP contribution in [-0.4, -0.2) is 19.2 Å². The minimum atomic E-state index is -0.348. The molecule has 1 N–H and O–H groups in total. The highest BCUT2D eigenvalue weighted by molar-refractivity contribution is 5.65. The molecule has 0 spiro atoms. The van der Waals surface area contributed by atoms with E-state index in [0.717, 1.165) is 45.6 Å². The van der Waals surface area contributed by atoms with Crippen LogP contribution in [0, 0.1) is 6.92 Å². The van der Waals surface area contributed by atoms with Gasteiger partial charge in [-0.25, -0.2) is 0 Å². The third-order valence-electron chi connectivity index (χ3n) is 5.31. The van der Waals surface area contributed by atoms with Crippen molar-refractivity contribution in [2.45, 2.75) is 19.2 Å². The SMILES string of the molecule is COc1ccc(C2Oc3c(OC)cccc3C3C=C(c4ccc(C)o4)NN32)cc1. The second-order valence-electron chi connectivity index (χ2n) is 7.08. The normalized spacial score (nSPS) is 20.2. The Labute approximate surface area is 169 Å². The van der Waals surface area contributed by atoms with Crippen LogP contribution in [0.2, 0.25) is 0 Å². The highest BCUT2D eigenvalue weighted by Gasteiger charge is 2.41. The fourth-order valence-corrected chi connectivity index (χ4v) is 3.86. The summed E-state index contributed by atoms with van der Waals surface area (Å²) in [5.41, 5.74) is 6.45. The number of aryl methyl sites for hydroxylation is 1. The summed E-state index contributed by atoms with van der Waals surface area (Å²) in [5, 5.41) is 2.09. The average Bonchev–Trinajstić information content (AvgIpc) is 3.39. The molecule has 6 nitrogen and oxygen atoms in total. The first-order valence-electron chi connectivity index (χ1n) is 9.49. The maximum atomic E-state index is 6.45. The molecule has 3 heterocycles. The summed E-state index contributed by atoms with van der Waals surface area (Å²) in [7, 11) is 3.32.